The van der Waals surface area contributed by atoms with Crippen molar-refractivity contribution in [3.05, 3.63) is 95.6 Å². The Balaban J connectivity index is 1.26. The van der Waals surface area contributed by atoms with Crippen molar-refractivity contribution in [3.63, 3.8) is 0 Å². The molecule has 1 saturated heterocycles. The first-order valence-corrected chi connectivity index (χ1v) is 11.4. The van der Waals surface area contributed by atoms with Gasteiger partial charge in [-0.3, -0.25) is 10.1 Å². The van der Waals surface area contributed by atoms with Gasteiger partial charge in [0, 0.05) is 22.5 Å². The smallest absolute Gasteiger partial charge is 0.257 e. The highest BCUT2D eigenvalue weighted by Crippen LogP contribution is 2.18. The van der Waals surface area contributed by atoms with Gasteiger partial charge in [-0.05, 0) is 55.5 Å². The molecule has 3 aromatic carbocycles. The third kappa shape index (κ3) is 5.93. The van der Waals surface area contributed by atoms with E-state index in [0.717, 1.165) is 44.0 Å². The van der Waals surface area contributed by atoms with Gasteiger partial charge in [-0.25, -0.2) is 0 Å². The third-order valence-electron chi connectivity index (χ3n) is 5.77. The molecule has 0 saturated carbocycles. The van der Waals surface area contributed by atoms with E-state index in [-0.39, 0.29) is 5.91 Å². The molecule has 0 aliphatic carbocycles. The number of quaternary nitrogens is 1. The highest BCUT2D eigenvalue weighted by molar-refractivity contribution is 7.80. The first kappa shape index (κ1) is 22.0. The lowest BCUT2D eigenvalue weighted by Crippen LogP contribution is -3.13. The average molecular weight is 446 g/mol. The number of amides is 1. The van der Waals surface area contributed by atoms with Crippen LogP contribution in [0.5, 0.6) is 0 Å². The summed E-state index contributed by atoms with van der Waals surface area (Å²) < 4.78 is 0. The van der Waals surface area contributed by atoms with Gasteiger partial charge in [0.15, 0.2) is 5.11 Å². The Bertz CT molecular complexity index is 1060. The summed E-state index contributed by atoms with van der Waals surface area (Å²) in [6.45, 7) is 7.39. The summed E-state index contributed by atoms with van der Waals surface area (Å²) in [5.74, 6) is -0.210. The van der Waals surface area contributed by atoms with E-state index < -0.39 is 0 Å². The number of aryl methyl sites for hydroxylation is 1. The maximum absolute atomic E-state index is 12.4. The van der Waals surface area contributed by atoms with Crippen molar-refractivity contribution >= 4 is 34.6 Å². The summed E-state index contributed by atoms with van der Waals surface area (Å²) in [6, 6.07) is 26.4. The van der Waals surface area contributed by atoms with Crippen molar-refractivity contribution in [2.75, 3.05) is 36.4 Å². The van der Waals surface area contributed by atoms with Crippen molar-refractivity contribution in [2.24, 2.45) is 0 Å². The molecule has 1 fully saturated rings. The van der Waals surface area contributed by atoms with E-state index in [9.17, 15) is 4.79 Å². The van der Waals surface area contributed by atoms with E-state index in [2.05, 4.69) is 58.0 Å². The number of carbonyl (C=O) groups excluding carboxylic acids is 1. The van der Waals surface area contributed by atoms with E-state index in [4.69, 9.17) is 12.2 Å². The van der Waals surface area contributed by atoms with Crippen LogP contribution in [0.25, 0.3) is 0 Å². The van der Waals surface area contributed by atoms with Gasteiger partial charge in [-0.1, -0.05) is 48.0 Å². The van der Waals surface area contributed by atoms with E-state index in [0.29, 0.717) is 10.7 Å². The van der Waals surface area contributed by atoms with Crippen LogP contribution in [-0.2, 0) is 6.54 Å². The minimum absolute atomic E-state index is 0.210. The average Bonchev–Trinajstić information content (AvgIpc) is 2.81. The number of carbonyl (C=O) groups is 1. The molecule has 0 atom stereocenters. The normalized spacial score (nSPS) is 14.1. The van der Waals surface area contributed by atoms with Crippen LogP contribution >= 0.6 is 12.2 Å². The summed E-state index contributed by atoms with van der Waals surface area (Å²) in [6.07, 6.45) is 0. The highest BCUT2D eigenvalue weighted by atomic mass is 32.1. The van der Waals surface area contributed by atoms with Crippen LogP contribution in [0.2, 0.25) is 0 Å². The SMILES string of the molecule is Cc1cccc(C(=O)NC(=S)Nc2ccc(N3CC[NH+](Cc4ccccc4)CC3)cc2)c1. The largest absolute Gasteiger partial charge is 0.360 e. The second-order valence-corrected chi connectivity index (χ2v) is 8.63. The molecule has 5 nitrogen and oxygen atoms in total. The molecule has 4 rings (SSSR count). The van der Waals surface area contributed by atoms with Gasteiger partial charge < -0.3 is 15.1 Å². The maximum Gasteiger partial charge on any atom is 0.257 e. The molecule has 1 aliphatic rings. The van der Waals surface area contributed by atoms with Crippen LogP contribution < -0.4 is 20.4 Å². The van der Waals surface area contributed by atoms with Crippen molar-refractivity contribution in [1.82, 2.24) is 5.32 Å². The lowest BCUT2D eigenvalue weighted by Gasteiger charge is -2.33. The van der Waals surface area contributed by atoms with Crippen LogP contribution in [0.15, 0.2) is 78.9 Å². The molecule has 0 spiro atoms. The molecule has 3 N–H and O–H groups in total. The maximum atomic E-state index is 12.4. The molecule has 0 bridgehead atoms. The Labute approximate surface area is 195 Å². The first-order valence-electron chi connectivity index (χ1n) is 11.0. The molecule has 0 radical (unpaired) electrons. The number of rotatable bonds is 5. The number of hydrogen-bond acceptors (Lipinski definition) is 3. The molecule has 1 amide bonds. The fourth-order valence-electron chi connectivity index (χ4n) is 4.02. The van der Waals surface area contributed by atoms with Gasteiger partial charge in [0.05, 0.1) is 26.2 Å². The molecular weight excluding hydrogens is 416 g/mol. The standard InChI is InChI=1S/C26H28N4OS/c1-20-6-5-9-22(18-20)25(31)28-26(32)27-23-10-12-24(13-11-23)30-16-14-29(15-17-30)19-21-7-3-2-4-8-21/h2-13,18H,14-17,19H2,1H3,(H2,27,28,31,32)/p+1. The summed E-state index contributed by atoms with van der Waals surface area (Å²) in [5, 5.41) is 6.14. The molecule has 3 aromatic rings. The monoisotopic (exact) mass is 445 g/mol. The Morgan fingerprint density at radius 1 is 0.969 bits per heavy atom. The van der Waals surface area contributed by atoms with Crippen LogP contribution in [0.3, 0.4) is 0 Å². The Hall–Kier alpha value is -3.22. The predicted octanol–water partition coefficient (Wildman–Crippen LogP) is 3.03. The number of nitrogens with zero attached hydrogens (tertiary/aromatic N) is 1. The van der Waals surface area contributed by atoms with Gasteiger partial charge >= 0.3 is 0 Å². The van der Waals surface area contributed by atoms with E-state index in [1.165, 1.54) is 11.3 Å². The van der Waals surface area contributed by atoms with Gasteiger partial charge in [0.2, 0.25) is 0 Å². The van der Waals surface area contributed by atoms with Crippen molar-refractivity contribution < 1.29 is 9.69 Å². The quantitative estimate of drug-likeness (QED) is 0.529. The highest BCUT2D eigenvalue weighted by Gasteiger charge is 2.20. The Morgan fingerprint density at radius 2 is 1.69 bits per heavy atom. The molecule has 0 aromatic heterocycles. The minimum atomic E-state index is -0.210. The van der Waals surface area contributed by atoms with Crippen LogP contribution in [-0.4, -0.2) is 37.2 Å². The molecular formula is C26H29N4OS+. The topological polar surface area (TPSA) is 48.8 Å². The number of piperazine rings is 1. The van der Waals surface area contributed by atoms with Crippen molar-refractivity contribution in [1.29, 1.82) is 0 Å². The Morgan fingerprint density at radius 3 is 2.38 bits per heavy atom. The zero-order valence-electron chi connectivity index (χ0n) is 18.3. The van der Waals surface area contributed by atoms with Gasteiger partial charge in [-0.15, -0.1) is 0 Å². The molecule has 1 aliphatic heterocycles. The number of thiocarbonyl (C=S) groups is 1. The summed E-state index contributed by atoms with van der Waals surface area (Å²) in [4.78, 5) is 16.4. The predicted molar refractivity (Wildman–Crippen MR) is 134 cm³/mol. The van der Waals surface area contributed by atoms with Gasteiger partial charge in [-0.2, -0.15) is 0 Å². The second kappa shape index (κ2) is 10.4. The van der Waals surface area contributed by atoms with Crippen LogP contribution in [0, 0.1) is 6.92 Å². The summed E-state index contributed by atoms with van der Waals surface area (Å²) in [7, 11) is 0. The van der Waals surface area contributed by atoms with E-state index in [1.54, 1.807) is 11.0 Å². The number of hydrogen-bond donors (Lipinski definition) is 3. The number of anilines is 2. The lowest BCUT2D eigenvalue weighted by molar-refractivity contribution is -0.914. The second-order valence-electron chi connectivity index (χ2n) is 8.22. The van der Waals surface area contributed by atoms with Gasteiger partial charge in [0.1, 0.15) is 6.54 Å². The summed E-state index contributed by atoms with van der Waals surface area (Å²) in [5.41, 5.74) is 5.10. The zero-order chi connectivity index (χ0) is 22.3. The molecule has 32 heavy (non-hydrogen) atoms. The van der Waals surface area contributed by atoms with Gasteiger partial charge in [0.25, 0.3) is 5.91 Å². The molecule has 6 heteroatoms. The fourth-order valence-corrected chi connectivity index (χ4v) is 4.23. The lowest BCUT2D eigenvalue weighted by atomic mass is 10.1. The minimum Gasteiger partial charge on any atom is -0.360 e. The zero-order valence-corrected chi connectivity index (χ0v) is 19.1. The van der Waals surface area contributed by atoms with Crippen molar-refractivity contribution in [3.8, 4) is 0 Å². The van der Waals surface area contributed by atoms with E-state index >= 15 is 0 Å². The van der Waals surface area contributed by atoms with Crippen LogP contribution in [0.4, 0.5) is 11.4 Å². The summed E-state index contributed by atoms with van der Waals surface area (Å²) >= 11 is 5.31. The Kier molecular flexibility index (Phi) is 7.14. The number of nitrogens with one attached hydrogen (secondary N) is 3. The molecule has 1 heterocycles. The molecule has 164 valence electrons. The van der Waals surface area contributed by atoms with Crippen LogP contribution in [0.1, 0.15) is 21.5 Å². The first-order chi connectivity index (χ1) is 15.6. The number of benzene rings is 3. The fraction of sp³-hybridized carbons (Fsp3) is 0.231. The van der Waals surface area contributed by atoms with E-state index in [1.807, 2.05) is 37.3 Å². The molecule has 0 unspecified atom stereocenters. The van der Waals surface area contributed by atoms with Crippen molar-refractivity contribution in [2.45, 2.75) is 13.5 Å². The third-order valence-corrected chi connectivity index (χ3v) is 5.97.